The Labute approximate surface area is 239 Å². The summed E-state index contributed by atoms with van der Waals surface area (Å²) in [5, 5.41) is 3.26. The molecule has 0 unspecified atom stereocenters. The Bertz CT molecular complexity index is 1380. The molecule has 0 spiro atoms. The van der Waals surface area contributed by atoms with Gasteiger partial charge in [-0.25, -0.2) is 8.42 Å². The molecule has 0 fully saturated rings. The Morgan fingerprint density at radius 1 is 0.949 bits per heavy atom. The molecule has 1 N–H and O–H groups in total. The number of carbonyl (C=O) groups is 2. The molecule has 3 aromatic carbocycles. The topological polar surface area (TPSA) is 96.0 Å². The lowest BCUT2D eigenvalue weighted by Crippen LogP contribution is -2.53. The lowest BCUT2D eigenvalue weighted by Gasteiger charge is -2.33. The van der Waals surface area contributed by atoms with Crippen molar-refractivity contribution in [2.24, 2.45) is 0 Å². The predicted octanol–water partition coefficient (Wildman–Crippen LogP) is 4.54. The van der Waals surface area contributed by atoms with Crippen LogP contribution in [0.4, 0.5) is 5.69 Å². The SMILES string of the molecule is CCOc1ccccc1N(CC(=O)N(Cc1c(Cl)cccc1Cl)[C@@H](Cc1ccccc1)C(=O)NC)S(C)(=O)=O. The van der Waals surface area contributed by atoms with E-state index in [0.717, 1.165) is 16.1 Å². The quantitative estimate of drug-likeness (QED) is 0.333. The zero-order valence-corrected chi connectivity index (χ0v) is 24.3. The first-order valence-electron chi connectivity index (χ1n) is 12.2. The van der Waals surface area contributed by atoms with Crippen molar-refractivity contribution < 1.29 is 22.7 Å². The third-order valence-corrected chi connectivity index (χ3v) is 7.86. The highest BCUT2D eigenvalue weighted by atomic mass is 35.5. The third-order valence-electron chi connectivity index (χ3n) is 6.02. The molecule has 208 valence electrons. The van der Waals surface area contributed by atoms with Crippen LogP contribution in [-0.4, -0.2) is 57.6 Å². The van der Waals surface area contributed by atoms with E-state index in [0.29, 0.717) is 28.0 Å². The van der Waals surface area contributed by atoms with E-state index in [1.807, 2.05) is 30.3 Å². The minimum atomic E-state index is -3.93. The van der Waals surface area contributed by atoms with E-state index in [-0.39, 0.29) is 18.7 Å². The molecule has 0 radical (unpaired) electrons. The summed E-state index contributed by atoms with van der Waals surface area (Å²) in [7, 11) is -2.46. The number of hydrogen-bond donors (Lipinski definition) is 1. The zero-order chi connectivity index (χ0) is 28.6. The molecule has 8 nitrogen and oxygen atoms in total. The fourth-order valence-corrected chi connectivity index (χ4v) is 5.48. The van der Waals surface area contributed by atoms with E-state index >= 15 is 0 Å². The first-order valence-corrected chi connectivity index (χ1v) is 14.8. The maximum Gasteiger partial charge on any atom is 0.244 e. The molecule has 0 saturated carbocycles. The number of anilines is 1. The fraction of sp³-hybridized carbons (Fsp3) is 0.286. The van der Waals surface area contributed by atoms with Gasteiger partial charge < -0.3 is 15.0 Å². The Balaban J connectivity index is 2.09. The normalized spacial score (nSPS) is 11.9. The van der Waals surface area contributed by atoms with Gasteiger partial charge in [-0.15, -0.1) is 0 Å². The molecule has 11 heteroatoms. The van der Waals surface area contributed by atoms with Gasteiger partial charge in [0.25, 0.3) is 0 Å². The van der Waals surface area contributed by atoms with Crippen molar-refractivity contribution in [2.45, 2.75) is 25.9 Å². The molecule has 0 aliphatic rings. The van der Waals surface area contributed by atoms with E-state index < -0.39 is 34.4 Å². The molecular weight excluding hydrogens is 561 g/mol. The second kappa shape index (κ2) is 13.7. The lowest BCUT2D eigenvalue weighted by atomic mass is 10.0. The number of hydrogen-bond acceptors (Lipinski definition) is 5. The highest BCUT2D eigenvalue weighted by Crippen LogP contribution is 2.31. The Morgan fingerprint density at radius 3 is 2.15 bits per heavy atom. The minimum Gasteiger partial charge on any atom is -0.492 e. The van der Waals surface area contributed by atoms with Crippen LogP contribution in [0.2, 0.25) is 10.0 Å². The standard InChI is InChI=1S/C28H31Cl2N3O5S/c1-4-38-26-16-9-8-15-24(26)33(39(3,36)37)19-27(34)32(18-21-22(29)13-10-14-23(21)30)25(28(35)31-2)17-20-11-6-5-7-12-20/h5-16,25H,4,17-19H2,1-3H3,(H,31,35)/t25-/m0/s1. The molecule has 0 aromatic heterocycles. The average Bonchev–Trinajstić information content (AvgIpc) is 2.90. The van der Waals surface area contributed by atoms with Gasteiger partial charge in [0.1, 0.15) is 18.3 Å². The summed E-state index contributed by atoms with van der Waals surface area (Å²) in [6.45, 7) is 1.38. The van der Waals surface area contributed by atoms with Crippen LogP contribution in [0.1, 0.15) is 18.1 Å². The Kier molecular flexibility index (Phi) is 10.6. The van der Waals surface area contributed by atoms with Crippen molar-refractivity contribution >= 4 is 50.7 Å². The first kappa shape index (κ1) is 30.3. The molecule has 0 aliphatic heterocycles. The first-order chi connectivity index (χ1) is 18.6. The van der Waals surface area contributed by atoms with Crippen LogP contribution >= 0.6 is 23.2 Å². The average molecular weight is 593 g/mol. The van der Waals surface area contributed by atoms with E-state index in [1.165, 1.54) is 11.9 Å². The highest BCUT2D eigenvalue weighted by Gasteiger charge is 2.34. The van der Waals surface area contributed by atoms with Gasteiger partial charge in [0, 0.05) is 35.6 Å². The van der Waals surface area contributed by atoms with Gasteiger partial charge >= 0.3 is 0 Å². The second-order valence-electron chi connectivity index (χ2n) is 8.71. The van der Waals surface area contributed by atoms with Gasteiger partial charge in [0.05, 0.1) is 18.6 Å². The van der Waals surface area contributed by atoms with Crippen LogP contribution in [-0.2, 0) is 32.6 Å². The number of nitrogens with zero attached hydrogens (tertiary/aromatic N) is 2. The van der Waals surface area contributed by atoms with Crippen LogP contribution in [0.5, 0.6) is 5.75 Å². The lowest BCUT2D eigenvalue weighted by molar-refractivity contribution is -0.139. The van der Waals surface area contributed by atoms with Crippen LogP contribution < -0.4 is 14.4 Å². The largest absolute Gasteiger partial charge is 0.492 e. The van der Waals surface area contributed by atoms with E-state index in [9.17, 15) is 18.0 Å². The summed E-state index contributed by atoms with van der Waals surface area (Å²) in [5.41, 5.74) is 1.47. The minimum absolute atomic E-state index is 0.118. The predicted molar refractivity (Wildman–Crippen MR) is 155 cm³/mol. The monoisotopic (exact) mass is 591 g/mol. The molecule has 0 saturated heterocycles. The molecule has 0 bridgehead atoms. The molecule has 2 amide bonds. The molecule has 3 aromatic rings. The van der Waals surface area contributed by atoms with Gasteiger partial charge in [0.2, 0.25) is 21.8 Å². The van der Waals surface area contributed by atoms with Crippen molar-refractivity contribution in [3.63, 3.8) is 0 Å². The van der Waals surface area contributed by atoms with Crippen LogP contribution in [0.3, 0.4) is 0 Å². The molecular formula is C28H31Cl2N3O5S. The number of nitrogens with one attached hydrogen (secondary N) is 1. The molecule has 3 rings (SSSR count). The summed E-state index contributed by atoms with van der Waals surface area (Å²) in [6.07, 6.45) is 1.20. The van der Waals surface area contributed by atoms with Crippen molar-refractivity contribution in [1.82, 2.24) is 10.2 Å². The van der Waals surface area contributed by atoms with Crippen LogP contribution in [0.15, 0.2) is 72.8 Å². The van der Waals surface area contributed by atoms with Gasteiger partial charge in [-0.05, 0) is 36.8 Å². The smallest absolute Gasteiger partial charge is 0.244 e. The Morgan fingerprint density at radius 2 is 1.56 bits per heavy atom. The molecule has 1 atom stereocenters. The van der Waals surface area contributed by atoms with Gasteiger partial charge in [0.15, 0.2) is 0 Å². The zero-order valence-electron chi connectivity index (χ0n) is 21.9. The van der Waals surface area contributed by atoms with Crippen molar-refractivity contribution in [2.75, 3.05) is 30.8 Å². The number of sulfonamides is 1. The number of ether oxygens (including phenoxy) is 1. The van der Waals surface area contributed by atoms with Gasteiger partial charge in [-0.2, -0.15) is 0 Å². The number of amides is 2. The summed E-state index contributed by atoms with van der Waals surface area (Å²) < 4.78 is 32.5. The van der Waals surface area contributed by atoms with Crippen LogP contribution in [0.25, 0.3) is 0 Å². The summed E-state index contributed by atoms with van der Waals surface area (Å²) in [4.78, 5) is 28.5. The Hall–Kier alpha value is -3.27. The summed E-state index contributed by atoms with van der Waals surface area (Å²) in [5.74, 6) is -0.727. The highest BCUT2D eigenvalue weighted by molar-refractivity contribution is 7.92. The maximum atomic E-state index is 14.0. The number of likely N-dealkylation sites (N-methyl/N-ethyl adjacent to an activating group) is 1. The summed E-state index contributed by atoms with van der Waals surface area (Å²) in [6, 6.07) is 19.8. The second-order valence-corrected chi connectivity index (χ2v) is 11.4. The van der Waals surface area contributed by atoms with E-state index in [2.05, 4.69) is 5.32 Å². The summed E-state index contributed by atoms with van der Waals surface area (Å²) >= 11 is 12.9. The molecule has 0 heterocycles. The number of benzene rings is 3. The third kappa shape index (κ3) is 7.88. The van der Waals surface area contributed by atoms with Crippen molar-refractivity contribution in [3.05, 3.63) is 94.0 Å². The number of halogens is 2. The maximum absolute atomic E-state index is 14.0. The molecule has 0 aliphatic carbocycles. The number of para-hydroxylation sites is 2. The van der Waals surface area contributed by atoms with Gasteiger partial charge in [-0.3, -0.25) is 13.9 Å². The number of carbonyl (C=O) groups excluding carboxylic acids is 2. The van der Waals surface area contributed by atoms with E-state index in [1.54, 1.807) is 49.4 Å². The number of rotatable bonds is 12. The van der Waals surface area contributed by atoms with Crippen LogP contribution in [0, 0.1) is 0 Å². The van der Waals surface area contributed by atoms with Crippen molar-refractivity contribution in [3.8, 4) is 5.75 Å². The molecule has 39 heavy (non-hydrogen) atoms. The van der Waals surface area contributed by atoms with E-state index in [4.69, 9.17) is 27.9 Å². The van der Waals surface area contributed by atoms with Gasteiger partial charge in [-0.1, -0.05) is 71.7 Å². The van der Waals surface area contributed by atoms with Crippen molar-refractivity contribution in [1.29, 1.82) is 0 Å². The fourth-order valence-electron chi connectivity index (χ4n) is 4.11.